The molecular weight excluding hydrogens is 198 g/mol. The number of aryl methyl sites for hydroxylation is 1. The lowest BCUT2D eigenvalue weighted by atomic mass is 10.0. The highest BCUT2D eigenvalue weighted by molar-refractivity contribution is 5.95. The van der Waals surface area contributed by atoms with Crippen LogP contribution in [0.3, 0.4) is 0 Å². The summed E-state index contributed by atoms with van der Waals surface area (Å²) in [6.45, 7) is 2.06. The molecule has 1 amide bonds. The summed E-state index contributed by atoms with van der Waals surface area (Å²) in [5.74, 6) is 6.01. The van der Waals surface area contributed by atoms with Crippen molar-refractivity contribution in [3.63, 3.8) is 0 Å². The van der Waals surface area contributed by atoms with Gasteiger partial charge in [0, 0.05) is 18.4 Å². The SMILES string of the molecule is CCc1ccccc1C(=O)NC1CC#CC1. The molecule has 82 valence electrons. The van der Waals surface area contributed by atoms with E-state index >= 15 is 0 Å². The summed E-state index contributed by atoms with van der Waals surface area (Å²) in [5.41, 5.74) is 1.89. The zero-order valence-corrected chi connectivity index (χ0v) is 9.42. The van der Waals surface area contributed by atoms with Crippen LogP contribution in [0.25, 0.3) is 0 Å². The Morgan fingerprint density at radius 3 is 2.75 bits per heavy atom. The van der Waals surface area contributed by atoms with E-state index in [2.05, 4.69) is 24.1 Å². The van der Waals surface area contributed by atoms with Crippen molar-refractivity contribution >= 4 is 5.91 Å². The van der Waals surface area contributed by atoms with Crippen molar-refractivity contribution in [1.29, 1.82) is 0 Å². The van der Waals surface area contributed by atoms with E-state index in [1.165, 1.54) is 0 Å². The number of nitrogens with one attached hydrogen (secondary N) is 1. The molecule has 0 atom stereocenters. The van der Waals surface area contributed by atoms with E-state index < -0.39 is 0 Å². The van der Waals surface area contributed by atoms with Gasteiger partial charge in [-0.25, -0.2) is 0 Å². The van der Waals surface area contributed by atoms with E-state index in [0.29, 0.717) is 0 Å². The molecule has 2 nitrogen and oxygen atoms in total. The van der Waals surface area contributed by atoms with Crippen LogP contribution in [0, 0.1) is 11.8 Å². The number of benzene rings is 1. The predicted octanol–water partition coefficient (Wildman–Crippen LogP) is 2.14. The summed E-state index contributed by atoms with van der Waals surface area (Å²) in [4.78, 5) is 12.0. The minimum atomic E-state index is 0.0213. The molecule has 0 spiro atoms. The van der Waals surface area contributed by atoms with Crippen molar-refractivity contribution < 1.29 is 4.79 Å². The first-order valence-electron chi connectivity index (χ1n) is 5.65. The molecule has 1 aromatic rings. The molecule has 0 unspecified atom stereocenters. The van der Waals surface area contributed by atoms with Gasteiger partial charge in [-0.2, -0.15) is 0 Å². The summed E-state index contributed by atoms with van der Waals surface area (Å²) in [6.07, 6.45) is 2.44. The van der Waals surface area contributed by atoms with E-state index in [0.717, 1.165) is 30.4 Å². The Morgan fingerprint density at radius 2 is 2.06 bits per heavy atom. The quantitative estimate of drug-likeness (QED) is 0.766. The number of hydrogen-bond acceptors (Lipinski definition) is 1. The number of carbonyl (C=O) groups excluding carboxylic acids is 1. The molecular formula is C14H15NO. The van der Waals surface area contributed by atoms with Crippen molar-refractivity contribution in [2.75, 3.05) is 0 Å². The summed E-state index contributed by atoms with van der Waals surface area (Å²) < 4.78 is 0. The Balaban J connectivity index is 2.08. The van der Waals surface area contributed by atoms with Crippen LogP contribution in [0.5, 0.6) is 0 Å². The van der Waals surface area contributed by atoms with Gasteiger partial charge in [0.2, 0.25) is 0 Å². The fourth-order valence-electron chi connectivity index (χ4n) is 1.88. The monoisotopic (exact) mass is 213 g/mol. The van der Waals surface area contributed by atoms with Crippen LogP contribution in [0.2, 0.25) is 0 Å². The smallest absolute Gasteiger partial charge is 0.251 e. The molecule has 0 saturated carbocycles. The van der Waals surface area contributed by atoms with Crippen molar-refractivity contribution in [3.05, 3.63) is 35.4 Å². The molecule has 1 aliphatic rings. The first-order chi connectivity index (χ1) is 7.81. The first-order valence-corrected chi connectivity index (χ1v) is 5.65. The third-order valence-electron chi connectivity index (χ3n) is 2.80. The Kier molecular flexibility index (Phi) is 3.26. The Bertz CT molecular complexity index is 443. The fourth-order valence-corrected chi connectivity index (χ4v) is 1.88. The van der Waals surface area contributed by atoms with Gasteiger partial charge in [0.25, 0.3) is 5.91 Å². The molecule has 0 fully saturated rings. The van der Waals surface area contributed by atoms with Gasteiger partial charge in [-0.1, -0.05) is 25.1 Å². The molecule has 1 aromatic carbocycles. The second kappa shape index (κ2) is 4.85. The van der Waals surface area contributed by atoms with Crippen LogP contribution in [0.4, 0.5) is 0 Å². The first kappa shape index (κ1) is 10.8. The second-order valence-electron chi connectivity index (χ2n) is 3.94. The Hall–Kier alpha value is -1.75. The zero-order chi connectivity index (χ0) is 11.4. The Labute approximate surface area is 96.1 Å². The standard InChI is InChI=1S/C14H15NO/c1-2-11-7-3-6-10-13(11)14(16)15-12-8-4-5-9-12/h3,6-7,10,12H,2,8-9H2,1H3,(H,15,16). The van der Waals surface area contributed by atoms with Crippen molar-refractivity contribution in [2.24, 2.45) is 0 Å². The summed E-state index contributed by atoms with van der Waals surface area (Å²) in [7, 11) is 0. The molecule has 0 saturated heterocycles. The number of hydrogen-bond donors (Lipinski definition) is 1. The van der Waals surface area contributed by atoms with E-state index in [4.69, 9.17) is 0 Å². The molecule has 2 heteroatoms. The van der Waals surface area contributed by atoms with Crippen LogP contribution in [-0.2, 0) is 6.42 Å². The molecule has 0 heterocycles. The zero-order valence-electron chi connectivity index (χ0n) is 9.42. The highest BCUT2D eigenvalue weighted by atomic mass is 16.1. The maximum atomic E-state index is 12.0. The van der Waals surface area contributed by atoms with Gasteiger partial charge < -0.3 is 5.32 Å². The maximum absolute atomic E-state index is 12.0. The van der Waals surface area contributed by atoms with Gasteiger partial charge in [0.15, 0.2) is 0 Å². The largest absolute Gasteiger partial charge is 0.347 e. The number of rotatable bonds is 3. The molecule has 16 heavy (non-hydrogen) atoms. The number of carbonyl (C=O) groups is 1. The van der Waals surface area contributed by atoms with Crippen molar-refractivity contribution in [2.45, 2.75) is 32.2 Å². The summed E-state index contributed by atoms with van der Waals surface area (Å²) in [5, 5.41) is 3.01. The molecule has 2 rings (SSSR count). The third-order valence-corrected chi connectivity index (χ3v) is 2.80. The Morgan fingerprint density at radius 1 is 1.38 bits per heavy atom. The highest BCUT2D eigenvalue weighted by Crippen LogP contribution is 2.11. The summed E-state index contributed by atoms with van der Waals surface area (Å²) in [6, 6.07) is 7.93. The normalized spacial score (nSPS) is 14.3. The van der Waals surface area contributed by atoms with E-state index in [1.54, 1.807) is 0 Å². The van der Waals surface area contributed by atoms with Crippen LogP contribution < -0.4 is 5.32 Å². The average molecular weight is 213 g/mol. The molecule has 0 bridgehead atoms. The van der Waals surface area contributed by atoms with Gasteiger partial charge in [0.1, 0.15) is 0 Å². The average Bonchev–Trinajstić information content (AvgIpc) is 2.81. The summed E-state index contributed by atoms with van der Waals surface area (Å²) >= 11 is 0. The second-order valence-corrected chi connectivity index (χ2v) is 3.94. The number of amides is 1. The van der Waals surface area contributed by atoms with E-state index in [9.17, 15) is 4.79 Å². The van der Waals surface area contributed by atoms with Gasteiger partial charge in [-0.05, 0) is 18.1 Å². The van der Waals surface area contributed by atoms with Crippen LogP contribution in [0.1, 0.15) is 35.7 Å². The fraction of sp³-hybridized carbons (Fsp3) is 0.357. The van der Waals surface area contributed by atoms with Crippen LogP contribution in [-0.4, -0.2) is 11.9 Å². The highest BCUT2D eigenvalue weighted by Gasteiger charge is 2.15. The minimum absolute atomic E-state index is 0.0213. The molecule has 1 N–H and O–H groups in total. The molecule has 0 radical (unpaired) electrons. The third kappa shape index (κ3) is 2.25. The van der Waals surface area contributed by atoms with Gasteiger partial charge in [0.05, 0.1) is 6.04 Å². The van der Waals surface area contributed by atoms with Crippen LogP contribution >= 0.6 is 0 Å². The predicted molar refractivity (Wildman–Crippen MR) is 64.1 cm³/mol. The topological polar surface area (TPSA) is 29.1 Å². The minimum Gasteiger partial charge on any atom is -0.347 e. The van der Waals surface area contributed by atoms with Crippen molar-refractivity contribution in [3.8, 4) is 11.8 Å². The molecule has 0 aliphatic heterocycles. The van der Waals surface area contributed by atoms with Gasteiger partial charge in [-0.15, -0.1) is 11.8 Å². The van der Waals surface area contributed by atoms with Crippen LogP contribution in [0.15, 0.2) is 24.3 Å². The van der Waals surface area contributed by atoms with E-state index in [-0.39, 0.29) is 11.9 Å². The molecule has 1 aliphatic carbocycles. The van der Waals surface area contributed by atoms with Gasteiger partial charge >= 0.3 is 0 Å². The lowest BCUT2D eigenvalue weighted by Crippen LogP contribution is -2.33. The maximum Gasteiger partial charge on any atom is 0.251 e. The lowest BCUT2D eigenvalue weighted by Gasteiger charge is -2.13. The van der Waals surface area contributed by atoms with Crippen molar-refractivity contribution in [1.82, 2.24) is 5.32 Å². The van der Waals surface area contributed by atoms with Gasteiger partial charge in [-0.3, -0.25) is 4.79 Å². The van der Waals surface area contributed by atoms with E-state index in [1.807, 2.05) is 24.3 Å². The lowest BCUT2D eigenvalue weighted by molar-refractivity contribution is 0.0938. The molecule has 0 aromatic heterocycles.